The van der Waals surface area contributed by atoms with E-state index >= 15 is 0 Å². The fourth-order valence-corrected chi connectivity index (χ4v) is 7.00. The maximum Gasteiger partial charge on any atom is 0.317 e. The molecular weight excluding hydrogens is 558 g/mol. The van der Waals surface area contributed by atoms with Crippen molar-refractivity contribution in [2.45, 2.75) is 109 Å². The molecule has 1 heterocycles. The normalized spacial score (nSPS) is 20.2. The van der Waals surface area contributed by atoms with Crippen LogP contribution in [0.4, 0.5) is 4.79 Å². The van der Waals surface area contributed by atoms with Crippen LogP contribution in [0.15, 0.2) is 83.4 Å². The summed E-state index contributed by atoms with van der Waals surface area (Å²) in [5, 5.41) is 3.13. The number of hydrogen-bond acceptors (Lipinski definition) is 4. The minimum absolute atomic E-state index is 0.0638. The van der Waals surface area contributed by atoms with Gasteiger partial charge < -0.3 is 16.0 Å². The molecule has 1 atom stereocenters. The third kappa shape index (κ3) is 8.86. The molecule has 2 aromatic rings. The van der Waals surface area contributed by atoms with Crippen LogP contribution in [0.1, 0.15) is 101 Å². The van der Waals surface area contributed by atoms with Gasteiger partial charge in [-0.05, 0) is 54.7 Å². The van der Waals surface area contributed by atoms with Crippen molar-refractivity contribution in [2.24, 2.45) is 16.6 Å². The lowest BCUT2D eigenvalue weighted by molar-refractivity contribution is -0.132. The average molecular weight is 610 g/mol. The quantitative estimate of drug-likeness (QED) is 0.231. The van der Waals surface area contributed by atoms with Crippen LogP contribution >= 0.6 is 0 Å². The number of rotatable bonds is 14. The van der Waals surface area contributed by atoms with E-state index in [0.717, 1.165) is 61.6 Å². The number of nitrogens with two attached hydrogens (primary N) is 1. The van der Waals surface area contributed by atoms with Crippen LogP contribution in [0.25, 0.3) is 0 Å². The summed E-state index contributed by atoms with van der Waals surface area (Å²) in [6.45, 7) is 4.25. The Balaban J connectivity index is 1.18. The number of urea groups is 1. The lowest BCUT2D eigenvalue weighted by atomic mass is 9.77. The van der Waals surface area contributed by atoms with Crippen LogP contribution < -0.4 is 11.1 Å². The van der Waals surface area contributed by atoms with Crippen LogP contribution in [0.5, 0.6) is 0 Å². The average Bonchev–Trinajstić information content (AvgIpc) is 3.30. The predicted molar refractivity (Wildman–Crippen MR) is 182 cm³/mol. The van der Waals surface area contributed by atoms with Crippen molar-refractivity contribution in [2.75, 3.05) is 6.54 Å². The molecule has 0 bridgehead atoms. The molecule has 7 heteroatoms. The minimum Gasteiger partial charge on any atom is -0.369 e. The molecule has 3 N–H and O–H groups in total. The Kier molecular flexibility index (Phi) is 11.5. The monoisotopic (exact) mass is 609 g/mol. The molecule has 2 aliphatic carbocycles. The van der Waals surface area contributed by atoms with Crippen LogP contribution in [0.2, 0.25) is 0 Å². The fourth-order valence-electron chi connectivity index (χ4n) is 7.00. The van der Waals surface area contributed by atoms with Gasteiger partial charge in [-0.1, -0.05) is 130 Å². The molecule has 240 valence electrons. The predicted octanol–water partition coefficient (Wildman–Crippen LogP) is 7.62. The first-order valence-electron chi connectivity index (χ1n) is 17.1. The Morgan fingerprint density at radius 3 is 2.51 bits per heavy atom. The Bertz CT molecular complexity index is 1360. The summed E-state index contributed by atoms with van der Waals surface area (Å²) < 4.78 is 0. The van der Waals surface area contributed by atoms with Crippen molar-refractivity contribution in [3.63, 3.8) is 0 Å². The molecule has 1 fully saturated rings. The third-order valence-corrected chi connectivity index (χ3v) is 9.66. The zero-order chi connectivity index (χ0) is 31.5. The highest BCUT2D eigenvalue weighted by Gasteiger charge is 2.48. The SMILES string of the molecule is CCCCC1(CC2CCCCC2)N=C(N)N(Cc2ccc(CNC(=O)N(CCC3=CC=CCC3)Cc3ccccc3)cc2)C1=O. The van der Waals surface area contributed by atoms with E-state index in [0.29, 0.717) is 38.1 Å². The van der Waals surface area contributed by atoms with Crippen molar-refractivity contribution in [3.05, 3.63) is 95.1 Å². The number of allylic oxidation sites excluding steroid dienone is 3. The number of guanidine groups is 1. The minimum atomic E-state index is -0.706. The van der Waals surface area contributed by atoms with Gasteiger partial charge in [0.1, 0.15) is 5.54 Å². The van der Waals surface area contributed by atoms with Gasteiger partial charge in [0, 0.05) is 19.6 Å². The summed E-state index contributed by atoms with van der Waals surface area (Å²) in [4.78, 5) is 35.7. The fraction of sp³-hybridized carbons (Fsp3) is 0.500. The number of nitrogens with zero attached hydrogens (tertiary/aromatic N) is 3. The summed E-state index contributed by atoms with van der Waals surface area (Å²) in [5.41, 5.74) is 10.2. The van der Waals surface area contributed by atoms with Gasteiger partial charge in [0.05, 0.1) is 6.54 Å². The van der Waals surface area contributed by atoms with Crippen LogP contribution in [0.3, 0.4) is 0 Å². The molecule has 0 spiro atoms. The van der Waals surface area contributed by atoms with Gasteiger partial charge in [-0.15, -0.1) is 0 Å². The Morgan fingerprint density at radius 2 is 1.80 bits per heavy atom. The van der Waals surface area contributed by atoms with E-state index in [1.807, 2.05) is 47.4 Å². The summed E-state index contributed by atoms with van der Waals surface area (Å²) in [5.74, 6) is 0.964. The standard InChI is InChI=1S/C38H51N5O2/c1-2-3-24-38(26-31-15-9-5-10-16-31)35(44)43(36(39)41-38)29-34-21-19-32(20-22-34)27-40-37(45)42(28-33-17-11-6-12-18-33)25-23-30-13-7-4-8-14-30/h4,6-7,11-13,17-22,31H,2-3,5,8-10,14-16,23-29H2,1H3,(H2,39,41)(H,40,45). The number of unbranched alkanes of at least 4 members (excludes halogenated alkanes) is 1. The highest BCUT2D eigenvalue weighted by atomic mass is 16.2. The van der Waals surface area contributed by atoms with E-state index in [-0.39, 0.29) is 11.9 Å². The molecule has 0 aromatic heterocycles. The van der Waals surface area contributed by atoms with Gasteiger partial charge in [0.15, 0.2) is 5.96 Å². The zero-order valence-electron chi connectivity index (χ0n) is 27.1. The van der Waals surface area contributed by atoms with E-state index in [1.54, 1.807) is 4.90 Å². The Labute approximate surface area is 269 Å². The second-order valence-corrected chi connectivity index (χ2v) is 13.1. The topological polar surface area (TPSA) is 91.0 Å². The first-order valence-corrected chi connectivity index (χ1v) is 17.1. The zero-order valence-corrected chi connectivity index (χ0v) is 27.1. The van der Waals surface area contributed by atoms with Crippen LogP contribution in [0, 0.1) is 5.92 Å². The van der Waals surface area contributed by atoms with Gasteiger partial charge in [0.25, 0.3) is 5.91 Å². The maximum atomic E-state index is 13.9. The van der Waals surface area contributed by atoms with E-state index in [2.05, 4.69) is 42.6 Å². The first kappa shape index (κ1) is 32.5. The smallest absolute Gasteiger partial charge is 0.317 e. The molecule has 1 saturated carbocycles. The number of benzene rings is 2. The van der Waals surface area contributed by atoms with E-state index in [4.69, 9.17) is 10.7 Å². The molecule has 0 saturated heterocycles. The number of carbonyl (C=O) groups excluding carboxylic acids is 2. The molecule has 3 amide bonds. The molecule has 3 aliphatic rings. The van der Waals surface area contributed by atoms with Gasteiger partial charge in [0.2, 0.25) is 0 Å². The van der Waals surface area contributed by atoms with Crippen molar-refractivity contribution in [1.82, 2.24) is 15.1 Å². The molecule has 0 radical (unpaired) electrons. The van der Waals surface area contributed by atoms with E-state index in [1.165, 1.54) is 37.7 Å². The van der Waals surface area contributed by atoms with Gasteiger partial charge in [-0.3, -0.25) is 9.69 Å². The van der Waals surface area contributed by atoms with Crippen molar-refractivity contribution in [3.8, 4) is 0 Å². The summed E-state index contributed by atoms with van der Waals surface area (Å²) in [7, 11) is 0. The lowest BCUT2D eigenvalue weighted by Gasteiger charge is -2.32. The highest BCUT2D eigenvalue weighted by molar-refractivity contribution is 6.06. The molecule has 5 rings (SSSR count). The molecule has 1 unspecified atom stereocenters. The molecule has 1 aliphatic heterocycles. The first-order chi connectivity index (χ1) is 22.0. The van der Waals surface area contributed by atoms with Crippen molar-refractivity contribution >= 4 is 17.9 Å². The molecule has 45 heavy (non-hydrogen) atoms. The van der Waals surface area contributed by atoms with Crippen LogP contribution in [-0.4, -0.2) is 39.8 Å². The van der Waals surface area contributed by atoms with Crippen molar-refractivity contribution < 1.29 is 9.59 Å². The van der Waals surface area contributed by atoms with Gasteiger partial charge >= 0.3 is 6.03 Å². The molecular formula is C38H51N5O2. The Hall–Kier alpha value is -3.87. The molecule has 2 aromatic carbocycles. The highest BCUT2D eigenvalue weighted by Crippen LogP contribution is 2.39. The summed E-state index contributed by atoms with van der Waals surface area (Å²) in [6, 6.07) is 18.2. The van der Waals surface area contributed by atoms with E-state index in [9.17, 15) is 9.59 Å². The van der Waals surface area contributed by atoms with E-state index < -0.39 is 5.54 Å². The molecule has 7 nitrogen and oxygen atoms in total. The third-order valence-electron chi connectivity index (χ3n) is 9.66. The number of amides is 3. The number of hydrogen-bond donors (Lipinski definition) is 2. The largest absolute Gasteiger partial charge is 0.369 e. The number of aliphatic imine (C=N–C) groups is 1. The maximum absolute atomic E-state index is 13.9. The number of carbonyl (C=O) groups is 2. The lowest BCUT2D eigenvalue weighted by Crippen LogP contribution is -2.45. The van der Waals surface area contributed by atoms with Gasteiger partial charge in [-0.25, -0.2) is 9.79 Å². The summed E-state index contributed by atoms with van der Waals surface area (Å²) in [6.07, 6.45) is 19.3. The second-order valence-electron chi connectivity index (χ2n) is 13.1. The Morgan fingerprint density at radius 1 is 1.04 bits per heavy atom. The van der Waals surface area contributed by atoms with Crippen LogP contribution in [-0.2, 0) is 24.4 Å². The number of nitrogens with one attached hydrogen (secondary N) is 1. The van der Waals surface area contributed by atoms with Gasteiger partial charge in [-0.2, -0.15) is 0 Å². The summed E-state index contributed by atoms with van der Waals surface area (Å²) >= 11 is 0. The van der Waals surface area contributed by atoms with Crippen molar-refractivity contribution in [1.29, 1.82) is 0 Å². The second kappa shape index (κ2) is 15.9.